The van der Waals surface area contributed by atoms with Crippen LogP contribution in [0.25, 0.3) is 0 Å². The number of rotatable bonds is 10. The zero-order chi connectivity index (χ0) is 18.6. The van der Waals surface area contributed by atoms with E-state index in [4.69, 9.17) is 4.74 Å². The van der Waals surface area contributed by atoms with Gasteiger partial charge in [-0.1, -0.05) is 30.3 Å². The Morgan fingerprint density at radius 1 is 0.963 bits per heavy atom. The molecule has 3 N–H and O–H groups in total. The second kappa shape index (κ2) is 12.7. The van der Waals surface area contributed by atoms with Gasteiger partial charge in [0, 0.05) is 18.7 Å². The standard InChI is InChI=1S/C20H25N3O3.ClH/c1-21-15-20(25)22-14-16-9-11-17(12-10-16)23-19(24)8-5-13-26-18-6-3-2-4-7-18;/h2-4,6-7,9-12,21H,5,8,13-15H2,1H3,(H,22,25)(H,23,24);1H. The van der Waals surface area contributed by atoms with Gasteiger partial charge in [-0.2, -0.15) is 0 Å². The van der Waals surface area contributed by atoms with E-state index in [1.54, 1.807) is 7.05 Å². The Morgan fingerprint density at radius 2 is 1.67 bits per heavy atom. The Hall–Kier alpha value is -2.57. The number of para-hydroxylation sites is 1. The Kier molecular flexibility index (Phi) is 10.6. The number of hydrogen-bond acceptors (Lipinski definition) is 4. The van der Waals surface area contributed by atoms with E-state index in [0.29, 0.717) is 32.5 Å². The van der Waals surface area contributed by atoms with E-state index in [0.717, 1.165) is 17.0 Å². The van der Waals surface area contributed by atoms with Crippen molar-refractivity contribution in [3.05, 3.63) is 60.2 Å². The Labute approximate surface area is 166 Å². The summed E-state index contributed by atoms with van der Waals surface area (Å²) in [6.07, 6.45) is 1.05. The van der Waals surface area contributed by atoms with E-state index in [9.17, 15) is 9.59 Å². The lowest BCUT2D eigenvalue weighted by atomic mass is 10.2. The van der Waals surface area contributed by atoms with Crippen LogP contribution in [0.4, 0.5) is 5.69 Å². The normalized spacial score (nSPS) is 9.81. The van der Waals surface area contributed by atoms with Gasteiger partial charge in [-0.05, 0) is 43.3 Å². The van der Waals surface area contributed by atoms with Crippen molar-refractivity contribution in [2.24, 2.45) is 0 Å². The Bertz CT molecular complexity index is 693. The summed E-state index contributed by atoms with van der Waals surface area (Å²) in [4.78, 5) is 23.4. The third-order valence-corrected chi connectivity index (χ3v) is 3.62. The van der Waals surface area contributed by atoms with Crippen LogP contribution >= 0.6 is 12.4 Å². The minimum atomic E-state index is -0.0531. The maximum atomic E-state index is 12.0. The van der Waals surface area contributed by atoms with Crippen LogP contribution in [0, 0.1) is 0 Å². The average Bonchev–Trinajstić information content (AvgIpc) is 2.66. The highest BCUT2D eigenvalue weighted by atomic mass is 35.5. The molecule has 2 aromatic carbocycles. The van der Waals surface area contributed by atoms with Crippen LogP contribution in [0.2, 0.25) is 0 Å². The highest BCUT2D eigenvalue weighted by molar-refractivity contribution is 5.90. The smallest absolute Gasteiger partial charge is 0.234 e. The number of amides is 2. The van der Waals surface area contributed by atoms with Gasteiger partial charge >= 0.3 is 0 Å². The summed E-state index contributed by atoms with van der Waals surface area (Å²) in [5, 5.41) is 8.46. The van der Waals surface area contributed by atoms with Crippen LogP contribution in [0.3, 0.4) is 0 Å². The molecule has 0 spiro atoms. The molecule has 0 fully saturated rings. The summed E-state index contributed by atoms with van der Waals surface area (Å²) >= 11 is 0. The fraction of sp³-hybridized carbons (Fsp3) is 0.300. The molecule has 27 heavy (non-hydrogen) atoms. The molecule has 0 saturated carbocycles. The number of likely N-dealkylation sites (N-methyl/N-ethyl adjacent to an activating group) is 1. The zero-order valence-corrected chi connectivity index (χ0v) is 16.2. The largest absolute Gasteiger partial charge is 0.494 e. The first kappa shape index (κ1) is 22.5. The maximum Gasteiger partial charge on any atom is 0.234 e. The van der Waals surface area contributed by atoms with Crippen LogP contribution in [-0.2, 0) is 16.1 Å². The van der Waals surface area contributed by atoms with E-state index in [1.165, 1.54) is 0 Å². The van der Waals surface area contributed by atoms with E-state index >= 15 is 0 Å². The van der Waals surface area contributed by atoms with Crippen LogP contribution in [0.15, 0.2) is 54.6 Å². The number of ether oxygens (including phenoxy) is 1. The van der Waals surface area contributed by atoms with Crippen molar-refractivity contribution in [2.75, 3.05) is 25.5 Å². The van der Waals surface area contributed by atoms with Crippen molar-refractivity contribution < 1.29 is 14.3 Å². The van der Waals surface area contributed by atoms with Gasteiger partial charge in [0.1, 0.15) is 5.75 Å². The lowest BCUT2D eigenvalue weighted by Crippen LogP contribution is -2.31. The van der Waals surface area contributed by atoms with Crippen molar-refractivity contribution in [1.82, 2.24) is 10.6 Å². The van der Waals surface area contributed by atoms with Crippen molar-refractivity contribution in [2.45, 2.75) is 19.4 Å². The van der Waals surface area contributed by atoms with E-state index in [-0.39, 0.29) is 24.2 Å². The van der Waals surface area contributed by atoms with Crippen molar-refractivity contribution in [1.29, 1.82) is 0 Å². The topological polar surface area (TPSA) is 79.5 Å². The first-order valence-electron chi connectivity index (χ1n) is 8.65. The summed E-state index contributed by atoms with van der Waals surface area (Å²) in [7, 11) is 1.73. The van der Waals surface area contributed by atoms with Gasteiger partial charge in [-0.15, -0.1) is 12.4 Å². The van der Waals surface area contributed by atoms with Gasteiger partial charge in [-0.25, -0.2) is 0 Å². The first-order valence-corrected chi connectivity index (χ1v) is 8.65. The molecular formula is C20H26ClN3O3. The van der Waals surface area contributed by atoms with Crippen molar-refractivity contribution in [3.63, 3.8) is 0 Å². The van der Waals surface area contributed by atoms with Crippen LogP contribution in [0.5, 0.6) is 5.75 Å². The highest BCUT2D eigenvalue weighted by Gasteiger charge is 2.04. The molecule has 0 saturated heterocycles. The van der Waals surface area contributed by atoms with Gasteiger partial charge in [0.25, 0.3) is 0 Å². The minimum Gasteiger partial charge on any atom is -0.494 e. The quantitative estimate of drug-likeness (QED) is 0.544. The van der Waals surface area contributed by atoms with Crippen LogP contribution in [-0.4, -0.2) is 32.0 Å². The summed E-state index contributed by atoms with van der Waals surface area (Å²) in [5.74, 6) is 0.713. The molecule has 7 heteroatoms. The average molecular weight is 392 g/mol. The molecular weight excluding hydrogens is 366 g/mol. The molecule has 0 atom stereocenters. The van der Waals surface area contributed by atoms with Crippen LogP contribution in [0.1, 0.15) is 18.4 Å². The van der Waals surface area contributed by atoms with E-state index in [1.807, 2.05) is 54.6 Å². The third-order valence-electron chi connectivity index (χ3n) is 3.62. The zero-order valence-electron chi connectivity index (χ0n) is 15.4. The second-order valence-electron chi connectivity index (χ2n) is 5.82. The second-order valence-corrected chi connectivity index (χ2v) is 5.82. The highest BCUT2D eigenvalue weighted by Crippen LogP contribution is 2.11. The number of hydrogen-bond donors (Lipinski definition) is 3. The monoisotopic (exact) mass is 391 g/mol. The number of halogens is 1. The molecule has 2 rings (SSSR count). The SMILES string of the molecule is CNCC(=O)NCc1ccc(NC(=O)CCCOc2ccccc2)cc1.Cl. The molecule has 0 aliphatic heterocycles. The number of benzene rings is 2. The summed E-state index contributed by atoms with van der Waals surface area (Å²) < 4.78 is 5.57. The molecule has 6 nitrogen and oxygen atoms in total. The predicted molar refractivity (Wildman–Crippen MR) is 109 cm³/mol. The number of carbonyl (C=O) groups excluding carboxylic acids is 2. The maximum absolute atomic E-state index is 12.0. The molecule has 0 radical (unpaired) electrons. The van der Waals surface area contributed by atoms with Crippen molar-refractivity contribution in [3.8, 4) is 5.75 Å². The van der Waals surface area contributed by atoms with Gasteiger partial charge < -0.3 is 20.7 Å². The molecule has 2 amide bonds. The fourth-order valence-corrected chi connectivity index (χ4v) is 2.29. The number of anilines is 1. The lowest BCUT2D eigenvalue weighted by Gasteiger charge is -2.08. The molecule has 0 unspecified atom stereocenters. The van der Waals surface area contributed by atoms with Crippen molar-refractivity contribution >= 4 is 29.9 Å². The van der Waals surface area contributed by atoms with Gasteiger partial charge in [0.2, 0.25) is 11.8 Å². The fourth-order valence-electron chi connectivity index (χ4n) is 2.29. The molecule has 0 bridgehead atoms. The Morgan fingerprint density at radius 3 is 2.33 bits per heavy atom. The summed E-state index contributed by atoms with van der Waals surface area (Å²) in [6.45, 7) is 1.26. The molecule has 146 valence electrons. The predicted octanol–water partition coefficient (Wildman–Crippen LogP) is 2.74. The minimum absolute atomic E-state index is 0. The van der Waals surface area contributed by atoms with Crippen LogP contribution < -0.4 is 20.7 Å². The first-order chi connectivity index (χ1) is 12.7. The third kappa shape index (κ3) is 9.08. The van der Waals surface area contributed by atoms with Gasteiger partial charge in [-0.3, -0.25) is 9.59 Å². The van der Waals surface area contributed by atoms with Gasteiger partial charge in [0.05, 0.1) is 13.2 Å². The summed E-state index contributed by atoms with van der Waals surface area (Å²) in [5.41, 5.74) is 1.72. The molecule has 0 heterocycles. The summed E-state index contributed by atoms with van der Waals surface area (Å²) in [6, 6.07) is 17.0. The molecule has 0 aromatic heterocycles. The lowest BCUT2D eigenvalue weighted by molar-refractivity contribution is -0.120. The molecule has 2 aromatic rings. The van der Waals surface area contributed by atoms with Gasteiger partial charge in [0.15, 0.2) is 0 Å². The van der Waals surface area contributed by atoms with E-state index < -0.39 is 0 Å². The number of nitrogens with one attached hydrogen (secondary N) is 3. The molecule has 0 aliphatic carbocycles. The number of carbonyl (C=O) groups is 2. The van der Waals surface area contributed by atoms with E-state index in [2.05, 4.69) is 16.0 Å². The molecule has 0 aliphatic rings. The Balaban J connectivity index is 0.00000364.